The van der Waals surface area contributed by atoms with Crippen molar-refractivity contribution in [1.29, 1.82) is 0 Å². The van der Waals surface area contributed by atoms with Gasteiger partial charge in [-0.05, 0) is 26.2 Å². The zero-order valence-electron chi connectivity index (χ0n) is 11.5. The summed E-state index contributed by atoms with van der Waals surface area (Å²) in [4.78, 5) is 26.9. The van der Waals surface area contributed by atoms with Gasteiger partial charge in [-0.3, -0.25) is 0 Å². The standard InChI is InChI=1S/C13H22N2O4/c1-3-9-5-4-8(2)15(9)13(19)14-7-10(16)6-11(14)12(17)18/h8-11,16H,3-7H2,1-2H3,(H,17,18). The smallest absolute Gasteiger partial charge is 0.326 e. The Bertz CT molecular complexity index is 374. The zero-order valence-corrected chi connectivity index (χ0v) is 11.5. The Kier molecular flexibility index (Phi) is 3.99. The maximum absolute atomic E-state index is 12.6. The van der Waals surface area contributed by atoms with Crippen molar-refractivity contribution >= 4 is 12.0 Å². The van der Waals surface area contributed by atoms with Gasteiger partial charge in [0.15, 0.2) is 0 Å². The molecule has 2 heterocycles. The van der Waals surface area contributed by atoms with E-state index in [2.05, 4.69) is 0 Å². The van der Waals surface area contributed by atoms with E-state index in [0.29, 0.717) is 0 Å². The summed E-state index contributed by atoms with van der Waals surface area (Å²) in [6.07, 6.45) is 2.20. The molecular weight excluding hydrogens is 248 g/mol. The van der Waals surface area contributed by atoms with Crippen LogP contribution in [-0.2, 0) is 4.79 Å². The second-order valence-electron chi connectivity index (χ2n) is 5.57. The molecule has 0 saturated carbocycles. The third kappa shape index (κ3) is 2.54. The first kappa shape index (κ1) is 14.1. The Morgan fingerprint density at radius 1 is 1.32 bits per heavy atom. The minimum Gasteiger partial charge on any atom is -0.480 e. The van der Waals surface area contributed by atoms with Crippen LogP contribution in [0.4, 0.5) is 4.79 Å². The van der Waals surface area contributed by atoms with Gasteiger partial charge in [0.2, 0.25) is 0 Å². The Hall–Kier alpha value is -1.30. The van der Waals surface area contributed by atoms with Crippen LogP contribution in [0.3, 0.4) is 0 Å². The molecule has 19 heavy (non-hydrogen) atoms. The molecule has 4 unspecified atom stereocenters. The Morgan fingerprint density at radius 2 is 2.00 bits per heavy atom. The normalized spacial score (nSPS) is 34.9. The van der Waals surface area contributed by atoms with Crippen molar-refractivity contribution in [3.63, 3.8) is 0 Å². The number of hydrogen-bond acceptors (Lipinski definition) is 3. The number of carbonyl (C=O) groups excluding carboxylic acids is 1. The molecule has 6 nitrogen and oxygen atoms in total. The molecule has 0 aromatic heterocycles. The van der Waals surface area contributed by atoms with Crippen LogP contribution >= 0.6 is 0 Å². The Morgan fingerprint density at radius 3 is 2.58 bits per heavy atom. The number of aliphatic hydroxyl groups is 1. The zero-order chi connectivity index (χ0) is 14.2. The SMILES string of the molecule is CCC1CCC(C)N1C(=O)N1CC(O)CC1C(=O)O. The number of aliphatic hydroxyl groups excluding tert-OH is 1. The predicted molar refractivity (Wildman–Crippen MR) is 68.8 cm³/mol. The molecule has 6 heteroatoms. The number of urea groups is 1. The first-order valence-corrected chi connectivity index (χ1v) is 6.95. The molecule has 2 aliphatic heterocycles. The number of hydrogen-bond donors (Lipinski definition) is 2. The van der Waals surface area contributed by atoms with Crippen LogP contribution in [0.25, 0.3) is 0 Å². The van der Waals surface area contributed by atoms with Gasteiger partial charge < -0.3 is 20.0 Å². The molecule has 2 amide bonds. The number of carbonyl (C=O) groups is 2. The van der Waals surface area contributed by atoms with E-state index in [1.807, 2.05) is 13.8 Å². The molecule has 0 spiro atoms. The molecule has 2 aliphatic rings. The highest BCUT2D eigenvalue weighted by atomic mass is 16.4. The molecule has 0 bridgehead atoms. The number of β-amino-alcohol motifs (C(OH)–C–C–N with tert-alkyl or cyclic N) is 1. The second-order valence-corrected chi connectivity index (χ2v) is 5.57. The minimum absolute atomic E-state index is 0.120. The van der Waals surface area contributed by atoms with Crippen LogP contribution in [0.5, 0.6) is 0 Å². The summed E-state index contributed by atoms with van der Waals surface area (Å²) in [5.74, 6) is -1.04. The molecule has 0 radical (unpaired) electrons. The molecule has 0 aromatic rings. The van der Waals surface area contributed by atoms with Crippen molar-refractivity contribution in [2.24, 2.45) is 0 Å². The van der Waals surface area contributed by atoms with Crippen LogP contribution in [0.2, 0.25) is 0 Å². The van der Waals surface area contributed by atoms with Crippen molar-refractivity contribution in [3.05, 3.63) is 0 Å². The predicted octanol–water partition coefficient (Wildman–Crippen LogP) is 0.889. The van der Waals surface area contributed by atoms with Crippen molar-refractivity contribution in [2.45, 2.75) is 63.8 Å². The topological polar surface area (TPSA) is 81.1 Å². The quantitative estimate of drug-likeness (QED) is 0.781. The van der Waals surface area contributed by atoms with Crippen LogP contribution in [0.15, 0.2) is 0 Å². The fourth-order valence-electron chi connectivity index (χ4n) is 3.22. The second kappa shape index (κ2) is 5.36. The number of carboxylic acid groups (broad SMARTS) is 1. The molecule has 0 aromatic carbocycles. The monoisotopic (exact) mass is 270 g/mol. The minimum atomic E-state index is -1.04. The van der Waals surface area contributed by atoms with Gasteiger partial charge in [-0.15, -0.1) is 0 Å². The van der Waals surface area contributed by atoms with E-state index in [0.717, 1.165) is 19.3 Å². The number of rotatable bonds is 2. The Balaban J connectivity index is 2.16. The fourth-order valence-corrected chi connectivity index (χ4v) is 3.22. The van der Waals surface area contributed by atoms with Gasteiger partial charge in [0.25, 0.3) is 0 Å². The van der Waals surface area contributed by atoms with E-state index in [4.69, 9.17) is 5.11 Å². The summed E-state index contributed by atoms with van der Waals surface area (Å²) in [6.45, 7) is 4.15. The van der Waals surface area contributed by atoms with Gasteiger partial charge in [-0.2, -0.15) is 0 Å². The average Bonchev–Trinajstić information content (AvgIpc) is 2.91. The number of aliphatic carboxylic acids is 1. The van der Waals surface area contributed by atoms with Crippen LogP contribution in [0, 0.1) is 0 Å². The van der Waals surface area contributed by atoms with Crippen molar-refractivity contribution in [1.82, 2.24) is 9.80 Å². The highest BCUT2D eigenvalue weighted by molar-refractivity contribution is 5.84. The third-order valence-corrected chi connectivity index (χ3v) is 4.29. The lowest BCUT2D eigenvalue weighted by Gasteiger charge is -2.33. The Labute approximate surface area is 113 Å². The maximum atomic E-state index is 12.6. The van der Waals surface area contributed by atoms with E-state index < -0.39 is 18.1 Å². The number of carboxylic acids is 1. The van der Waals surface area contributed by atoms with Gasteiger partial charge in [0, 0.05) is 25.0 Å². The van der Waals surface area contributed by atoms with Crippen molar-refractivity contribution in [2.75, 3.05) is 6.54 Å². The van der Waals surface area contributed by atoms with Crippen LogP contribution < -0.4 is 0 Å². The van der Waals surface area contributed by atoms with Gasteiger partial charge in [-0.25, -0.2) is 9.59 Å². The molecule has 2 fully saturated rings. The summed E-state index contributed by atoms with van der Waals surface area (Å²) < 4.78 is 0. The van der Waals surface area contributed by atoms with E-state index in [9.17, 15) is 14.7 Å². The van der Waals surface area contributed by atoms with Crippen LogP contribution in [-0.4, -0.2) is 62.8 Å². The number of amides is 2. The number of nitrogens with zero attached hydrogens (tertiary/aromatic N) is 2. The van der Waals surface area contributed by atoms with E-state index in [1.54, 1.807) is 4.90 Å². The van der Waals surface area contributed by atoms with Gasteiger partial charge in [0.05, 0.1) is 6.10 Å². The van der Waals surface area contributed by atoms with Gasteiger partial charge in [0.1, 0.15) is 6.04 Å². The molecule has 108 valence electrons. The highest BCUT2D eigenvalue weighted by Gasteiger charge is 2.44. The van der Waals surface area contributed by atoms with E-state index in [1.165, 1.54) is 4.90 Å². The molecule has 2 saturated heterocycles. The summed E-state index contributed by atoms with van der Waals surface area (Å²) in [5.41, 5.74) is 0. The van der Waals surface area contributed by atoms with Gasteiger partial charge >= 0.3 is 12.0 Å². The lowest BCUT2D eigenvalue weighted by atomic mass is 10.1. The summed E-state index contributed by atoms with van der Waals surface area (Å²) in [6, 6.07) is -0.798. The van der Waals surface area contributed by atoms with Crippen molar-refractivity contribution < 1.29 is 19.8 Å². The molecule has 0 aliphatic carbocycles. The average molecular weight is 270 g/mol. The molecule has 4 atom stereocenters. The number of likely N-dealkylation sites (tertiary alicyclic amines) is 2. The summed E-state index contributed by atoms with van der Waals surface area (Å²) in [7, 11) is 0. The lowest BCUT2D eigenvalue weighted by molar-refractivity contribution is -0.141. The molecule has 2 rings (SSSR count). The summed E-state index contributed by atoms with van der Waals surface area (Å²) in [5, 5.41) is 18.8. The van der Waals surface area contributed by atoms with Crippen LogP contribution in [0.1, 0.15) is 39.5 Å². The fraction of sp³-hybridized carbons (Fsp3) is 0.846. The third-order valence-electron chi connectivity index (χ3n) is 4.29. The lowest BCUT2D eigenvalue weighted by Crippen LogP contribution is -2.51. The highest BCUT2D eigenvalue weighted by Crippen LogP contribution is 2.29. The largest absolute Gasteiger partial charge is 0.480 e. The van der Waals surface area contributed by atoms with E-state index >= 15 is 0 Å². The molecular formula is C13H22N2O4. The maximum Gasteiger partial charge on any atom is 0.326 e. The first-order valence-electron chi connectivity index (χ1n) is 6.95. The first-order chi connectivity index (χ1) is 8.95. The summed E-state index contributed by atoms with van der Waals surface area (Å²) >= 11 is 0. The van der Waals surface area contributed by atoms with E-state index in [-0.39, 0.29) is 31.1 Å². The van der Waals surface area contributed by atoms with Gasteiger partial charge in [-0.1, -0.05) is 6.92 Å². The molecule has 2 N–H and O–H groups in total. The van der Waals surface area contributed by atoms with Crippen molar-refractivity contribution in [3.8, 4) is 0 Å².